The number of piperazine rings is 1. The lowest BCUT2D eigenvalue weighted by molar-refractivity contribution is 0.102. The van der Waals surface area contributed by atoms with Crippen LogP contribution in [-0.2, 0) is 0 Å². The molecule has 0 aliphatic carbocycles. The zero-order valence-corrected chi connectivity index (χ0v) is 24.7. The number of halogens is 1. The summed E-state index contributed by atoms with van der Waals surface area (Å²) in [7, 11) is 2.18. The SMILES string of the molecule is Cc1nc(-c2ccc(-c3ccc(NC(=O)c4coc5ccc(N6CC(C)N(C)C(C)C6)cc45)cc3)c(C)c2)no1.Cl. The summed E-state index contributed by atoms with van der Waals surface area (Å²) < 4.78 is 10.8. The van der Waals surface area contributed by atoms with Crippen molar-refractivity contribution in [2.24, 2.45) is 0 Å². The molecule has 0 spiro atoms. The van der Waals surface area contributed by atoms with Gasteiger partial charge in [0.1, 0.15) is 11.8 Å². The molecule has 0 bridgehead atoms. The van der Waals surface area contributed by atoms with Crippen LogP contribution >= 0.6 is 12.4 Å². The minimum absolute atomic E-state index is 0. The molecule has 9 heteroatoms. The highest BCUT2D eigenvalue weighted by Crippen LogP contribution is 2.31. The Balaban J connectivity index is 0.00000337. The second kappa shape index (κ2) is 11.4. The van der Waals surface area contributed by atoms with Gasteiger partial charge in [-0.25, -0.2) is 0 Å². The first-order chi connectivity index (χ1) is 19.3. The van der Waals surface area contributed by atoms with Crippen LogP contribution in [0.15, 0.2) is 75.9 Å². The molecule has 212 valence electrons. The highest BCUT2D eigenvalue weighted by molar-refractivity contribution is 6.12. The monoisotopic (exact) mass is 571 g/mol. The van der Waals surface area contributed by atoms with Crippen molar-refractivity contribution in [2.45, 2.75) is 39.8 Å². The number of aryl methyl sites for hydroxylation is 2. The van der Waals surface area contributed by atoms with Crippen LogP contribution < -0.4 is 10.2 Å². The molecule has 2 atom stereocenters. The van der Waals surface area contributed by atoms with E-state index in [1.807, 2.05) is 36.4 Å². The molecule has 6 rings (SSSR count). The molecule has 0 saturated carbocycles. The molecule has 3 heterocycles. The summed E-state index contributed by atoms with van der Waals surface area (Å²) in [5.41, 5.74) is 7.22. The van der Waals surface area contributed by atoms with Crippen LogP contribution in [-0.4, -0.2) is 53.2 Å². The molecule has 8 nitrogen and oxygen atoms in total. The van der Waals surface area contributed by atoms with Gasteiger partial charge in [-0.1, -0.05) is 29.4 Å². The van der Waals surface area contributed by atoms with E-state index in [4.69, 9.17) is 8.94 Å². The van der Waals surface area contributed by atoms with E-state index in [2.05, 4.69) is 77.3 Å². The molecule has 3 aromatic carbocycles. The number of carbonyl (C=O) groups excluding carboxylic acids is 1. The molecule has 1 aliphatic rings. The maximum Gasteiger partial charge on any atom is 0.259 e. The number of amides is 1. The van der Waals surface area contributed by atoms with Gasteiger partial charge < -0.3 is 19.2 Å². The molecule has 0 radical (unpaired) electrons. The third kappa shape index (κ3) is 5.58. The molecule has 41 heavy (non-hydrogen) atoms. The fraction of sp³-hybridized carbons (Fsp3) is 0.281. The Morgan fingerprint density at radius 2 is 1.66 bits per heavy atom. The number of nitrogens with zero attached hydrogens (tertiary/aromatic N) is 4. The Labute approximate surface area is 245 Å². The van der Waals surface area contributed by atoms with Gasteiger partial charge in [0.15, 0.2) is 0 Å². The largest absolute Gasteiger partial charge is 0.463 e. The van der Waals surface area contributed by atoms with Crippen molar-refractivity contribution in [1.29, 1.82) is 0 Å². The lowest BCUT2D eigenvalue weighted by Crippen LogP contribution is -2.55. The quantitative estimate of drug-likeness (QED) is 0.244. The lowest BCUT2D eigenvalue weighted by atomic mass is 9.98. The minimum atomic E-state index is -0.195. The number of nitrogens with one attached hydrogen (secondary N) is 1. The lowest BCUT2D eigenvalue weighted by Gasteiger charge is -2.43. The maximum atomic E-state index is 13.3. The first-order valence-electron chi connectivity index (χ1n) is 13.6. The number of carbonyl (C=O) groups is 1. The second-order valence-corrected chi connectivity index (χ2v) is 10.8. The number of furan rings is 1. The fourth-order valence-corrected chi connectivity index (χ4v) is 5.48. The third-order valence-corrected chi connectivity index (χ3v) is 7.99. The smallest absolute Gasteiger partial charge is 0.259 e. The number of likely N-dealkylation sites (N-methyl/N-ethyl adjacent to an activating group) is 1. The van der Waals surface area contributed by atoms with Gasteiger partial charge in [0.2, 0.25) is 11.7 Å². The van der Waals surface area contributed by atoms with Gasteiger partial charge in [-0.15, -0.1) is 12.4 Å². The summed E-state index contributed by atoms with van der Waals surface area (Å²) in [6, 6.07) is 21.0. The Morgan fingerprint density at radius 1 is 0.951 bits per heavy atom. The van der Waals surface area contributed by atoms with E-state index in [1.165, 1.54) is 0 Å². The van der Waals surface area contributed by atoms with E-state index in [0.717, 1.165) is 52.1 Å². The summed E-state index contributed by atoms with van der Waals surface area (Å²) in [5, 5.41) is 7.86. The van der Waals surface area contributed by atoms with Crippen molar-refractivity contribution >= 4 is 40.7 Å². The van der Waals surface area contributed by atoms with Crippen molar-refractivity contribution in [3.63, 3.8) is 0 Å². The predicted octanol–water partition coefficient (Wildman–Crippen LogP) is 6.97. The van der Waals surface area contributed by atoms with Gasteiger partial charge in [0, 0.05) is 54.4 Å². The average molecular weight is 572 g/mol. The summed E-state index contributed by atoms with van der Waals surface area (Å²) in [4.78, 5) is 22.4. The van der Waals surface area contributed by atoms with E-state index in [9.17, 15) is 4.79 Å². The molecule has 1 fully saturated rings. The summed E-state index contributed by atoms with van der Waals surface area (Å²) in [6.45, 7) is 10.2. The molecular formula is C32H34ClN5O3. The van der Waals surface area contributed by atoms with Crippen molar-refractivity contribution < 1.29 is 13.7 Å². The third-order valence-electron chi connectivity index (χ3n) is 7.99. The first-order valence-corrected chi connectivity index (χ1v) is 13.6. The minimum Gasteiger partial charge on any atom is -0.463 e. The van der Waals surface area contributed by atoms with E-state index in [1.54, 1.807) is 13.2 Å². The molecule has 1 amide bonds. The van der Waals surface area contributed by atoms with Crippen molar-refractivity contribution in [3.8, 4) is 22.5 Å². The summed E-state index contributed by atoms with van der Waals surface area (Å²) >= 11 is 0. The maximum absolute atomic E-state index is 13.3. The Hall–Kier alpha value is -4.14. The molecule has 1 saturated heterocycles. The van der Waals surface area contributed by atoms with Crippen LogP contribution in [0.5, 0.6) is 0 Å². The topological polar surface area (TPSA) is 87.6 Å². The number of anilines is 2. The van der Waals surface area contributed by atoms with Crippen LogP contribution in [0.1, 0.15) is 35.7 Å². The zero-order chi connectivity index (χ0) is 28.0. The van der Waals surface area contributed by atoms with E-state index < -0.39 is 0 Å². The average Bonchev–Trinajstić information content (AvgIpc) is 3.58. The van der Waals surface area contributed by atoms with Gasteiger partial charge >= 0.3 is 0 Å². The number of hydrogen-bond acceptors (Lipinski definition) is 7. The van der Waals surface area contributed by atoms with Crippen LogP contribution in [0.2, 0.25) is 0 Å². The Bertz CT molecular complexity index is 1680. The number of aromatic nitrogens is 2. The molecule has 1 aliphatic heterocycles. The zero-order valence-electron chi connectivity index (χ0n) is 23.8. The molecule has 2 aromatic heterocycles. The Kier molecular flexibility index (Phi) is 7.89. The molecule has 1 N–H and O–H groups in total. The highest BCUT2D eigenvalue weighted by atomic mass is 35.5. The summed E-state index contributed by atoms with van der Waals surface area (Å²) in [5.74, 6) is 0.925. The van der Waals surface area contributed by atoms with Crippen LogP contribution in [0.25, 0.3) is 33.5 Å². The molecule has 2 unspecified atom stereocenters. The number of benzene rings is 3. The van der Waals surface area contributed by atoms with Gasteiger partial charge in [-0.05, 0) is 80.9 Å². The van der Waals surface area contributed by atoms with Gasteiger partial charge in [0.25, 0.3) is 5.91 Å². The van der Waals surface area contributed by atoms with Crippen LogP contribution in [0.3, 0.4) is 0 Å². The first kappa shape index (κ1) is 28.4. The Morgan fingerprint density at radius 3 is 2.32 bits per heavy atom. The molecule has 5 aromatic rings. The normalized spacial score (nSPS) is 17.4. The molecular weight excluding hydrogens is 538 g/mol. The fourth-order valence-electron chi connectivity index (χ4n) is 5.48. The highest BCUT2D eigenvalue weighted by Gasteiger charge is 2.27. The standard InChI is InChI=1S/C32H33N5O3.ClH/c1-19-14-24(31-33-22(4)40-35-31)8-12-27(19)23-6-9-25(10-7-23)34-32(38)29-18-39-30-13-11-26(15-28(29)30)37-16-20(2)36(5)21(3)17-37;/h6-15,18,20-21H,16-17H2,1-5H3,(H,34,38);1H. The van der Waals surface area contributed by atoms with E-state index in [0.29, 0.717) is 34.9 Å². The summed E-state index contributed by atoms with van der Waals surface area (Å²) in [6.07, 6.45) is 1.55. The van der Waals surface area contributed by atoms with E-state index in [-0.39, 0.29) is 18.3 Å². The van der Waals surface area contributed by atoms with Gasteiger partial charge in [0.05, 0.1) is 5.56 Å². The number of hydrogen-bond donors (Lipinski definition) is 1. The predicted molar refractivity (Wildman–Crippen MR) is 165 cm³/mol. The van der Waals surface area contributed by atoms with Gasteiger partial charge in [-0.3, -0.25) is 9.69 Å². The number of fused-ring (bicyclic) bond motifs is 1. The van der Waals surface area contributed by atoms with Crippen molar-refractivity contribution in [2.75, 3.05) is 30.4 Å². The van der Waals surface area contributed by atoms with E-state index >= 15 is 0 Å². The van der Waals surface area contributed by atoms with Crippen LogP contribution in [0, 0.1) is 13.8 Å². The van der Waals surface area contributed by atoms with Crippen molar-refractivity contribution in [1.82, 2.24) is 15.0 Å². The van der Waals surface area contributed by atoms with Gasteiger partial charge in [-0.2, -0.15) is 4.98 Å². The second-order valence-electron chi connectivity index (χ2n) is 10.8. The van der Waals surface area contributed by atoms with Crippen LogP contribution in [0.4, 0.5) is 11.4 Å². The number of rotatable bonds is 5. The van der Waals surface area contributed by atoms with Crippen molar-refractivity contribution in [3.05, 3.63) is 83.9 Å².